The molecule has 0 aliphatic carbocycles. The molecule has 38 heavy (non-hydrogen) atoms. The predicted octanol–water partition coefficient (Wildman–Crippen LogP) is 5.04. The van der Waals surface area contributed by atoms with E-state index in [2.05, 4.69) is 5.32 Å². The minimum Gasteiger partial charge on any atom is -0.444 e. The van der Waals surface area contributed by atoms with E-state index in [1.807, 2.05) is 51.1 Å². The van der Waals surface area contributed by atoms with E-state index in [9.17, 15) is 19.2 Å². The van der Waals surface area contributed by atoms with Crippen LogP contribution in [0.25, 0.3) is 0 Å². The third-order valence-corrected chi connectivity index (χ3v) is 6.72. The smallest absolute Gasteiger partial charge is 0.410 e. The van der Waals surface area contributed by atoms with Crippen LogP contribution in [0.4, 0.5) is 4.79 Å². The normalized spacial score (nSPS) is 14.3. The molecule has 8 nitrogen and oxygen atoms in total. The zero-order chi connectivity index (χ0) is 27.7. The molecule has 0 saturated carbocycles. The Kier molecular flexibility index (Phi) is 10.3. The highest BCUT2D eigenvalue weighted by molar-refractivity contribution is 6.00. The number of amides is 2. The average Bonchev–Trinajstić information content (AvgIpc) is 2.87. The zero-order valence-corrected chi connectivity index (χ0v) is 23.1. The van der Waals surface area contributed by atoms with Crippen molar-refractivity contribution >= 4 is 17.8 Å². The maximum Gasteiger partial charge on any atom is 0.410 e. The highest BCUT2D eigenvalue weighted by atomic mass is 16.6. The van der Waals surface area contributed by atoms with E-state index in [-0.39, 0.29) is 24.0 Å². The number of hydrogen-bond acceptors (Lipinski definition) is 5. The van der Waals surface area contributed by atoms with Gasteiger partial charge in [0.25, 0.3) is 11.5 Å². The molecule has 1 aliphatic heterocycles. The van der Waals surface area contributed by atoms with Crippen LogP contribution in [0.1, 0.15) is 92.5 Å². The number of ketones is 1. The van der Waals surface area contributed by atoms with E-state index in [1.54, 1.807) is 18.0 Å². The quantitative estimate of drug-likeness (QED) is 0.348. The lowest BCUT2D eigenvalue weighted by Gasteiger charge is -2.33. The second-order valence-corrected chi connectivity index (χ2v) is 11.0. The van der Waals surface area contributed by atoms with E-state index in [4.69, 9.17) is 4.74 Å². The summed E-state index contributed by atoms with van der Waals surface area (Å²) in [5.74, 6) is -0.00954. The maximum absolute atomic E-state index is 13.1. The minimum absolute atomic E-state index is 0.00891. The van der Waals surface area contributed by atoms with E-state index in [0.29, 0.717) is 37.5 Å². The summed E-state index contributed by atoms with van der Waals surface area (Å²) in [6.45, 7) is 9.48. The molecule has 8 heteroatoms. The van der Waals surface area contributed by atoms with Crippen LogP contribution >= 0.6 is 0 Å². The highest BCUT2D eigenvalue weighted by Gasteiger charge is 2.26. The van der Waals surface area contributed by atoms with Crippen molar-refractivity contribution in [2.24, 2.45) is 5.92 Å². The lowest BCUT2D eigenvalue weighted by Crippen LogP contribution is -2.41. The summed E-state index contributed by atoms with van der Waals surface area (Å²) in [5, 5.41) is 2.67. The van der Waals surface area contributed by atoms with Gasteiger partial charge in [0.2, 0.25) is 0 Å². The average molecular weight is 524 g/mol. The number of hydrogen-bond donors (Lipinski definition) is 1. The molecule has 1 aliphatic rings. The number of rotatable bonds is 10. The molecule has 0 atom stereocenters. The van der Waals surface area contributed by atoms with Crippen molar-refractivity contribution in [3.63, 3.8) is 0 Å². The summed E-state index contributed by atoms with van der Waals surface area (Å²) in [5.41, 5.74) is 0.390. The number of carbonyl (C=O) groups excluding carboxylic acids is 3. The Morgan fingerprint density at radius 3 is 2.37 bits per heavy atom. The molecule has 2 amide bonds. The number of unbranched alkanes of at least 4 members (excludes halogenated alkanes) is 1. The van der Waals surface area contributed by atoms with Crippen LogP contribution in [-0.4, -0.2) is 52.5 Å². The number of nitrogens with one attached hydrogen (secondary N) is 1. The standard InChI is InChI=1S/C30H41N3O5/c1-5-31-27(35)25-19-24(21-33(28(25)36)20-23-12-7-6-8-13-23)26(34)14-10-9-11-22-15-17-32(18-16-22)29(37)38-30(2,3)4/h6-8,12-13,19,21-22H,5,9-11,14-18,20H2,1-4H3,(H,31,35). The first-order valence-electron chi connectivity index (χ1n) is 13.6. The van der Waals surface area contributed by atoms with Crippen molar-refractivity contribution in [2.75, 3.05) is 19.6 Å². The number of aromatic nitrogens is 1. The maximum atomic E-state index is 13.1. The minimum atomic E-state index is -0.490. The molecular weight excluding hydrogens is 482 g/mol. The lowest BCUT2D eigenvalue weighted by molar-refractivity contribution is 0.0180. The fraction of sp³-hybridized carbons (Fsp3) is 0.533. The van der Waals surface area contributed by atoms with Crippen molar-refractivity contribution < 1.29 is 19.1 Å². The number of Topliss-reactive ketones (excluding diaryl/α,β-unsaturated/α-hetero) is 1. The molecule has 0 bridgehead atoms. The van der Waals surface area contributed by atoms with E-state index in [1.165, 1.54) is 10.6 Å². The van der Waals surface area contributed by atoms with Gasteiger partial charge < -0.3 is 19.5 Å². The lowest BCUT2D eigenvalue weighted by atomic mass is 9.91. The number of benzene rings is 1. The van der Waals surface area contributed by atoms with Gasteiger partial charge in [-0.2, -0.15) is 0 Å². The Labute approximate surface area is 225 Å². The summed E-state index contributed by atoms with van der Waals surface area (Å²) in [7, 11) is 0. The first-order chi connectivity index (χ1) is 18.1. The topological polar surface area (TPSA) is 97.7 Å². The molecule has 0 spiro atoms. The van der Waals surface area contributed by atoms with E-state index in [0.717, 1.165) is 37.7 Å². The molecule has 1 aromatic heterocycles. The first-order valence-corrected chi connectivity index (χ1v) is 13.6. The van der Waals surface area contributed by atoms with Gasteiger partial charge in [0.15, 0.2) is 5.78 Å². The Morgan fingerprint density at radius 2 is 1.74 bits per heavy atom. The molecule has 2 aromatic rings. The van der Waals surface area contributed by atoms with E-state index >= 15 is 0 Å². The molecule has 0 radical (unpaired) electrons. The number of nitrogens with zero attached hydrogens (tertiary/aromatic N) is 2. The zero-order valence-electron chi connectivity index (χ0n) is 23.1. The molecule has 3 rings (SSSR count). The van der Waals surface area contributed by atoms with Crippen LogP contribution in [-0.2, 0) is 11.3 Å². The van der Waals surface area contributed by atoms with Gasteiger partial charge in [-0.15, -0.1) is 0 Å². The van der Waals surface area contributed by atoms with Crippen molar-refractivity contribution in [3.05, 3.63) is 69.6 Å². The van der Waals surface area contributed by atoms with Gasteiger partial charge in [0, 0.05) is 37.8 Å². The summed E-state index contributed by atoms with van der Waals surface area (Å²) in [4.78, 5) is 52.6. The Hall–Kier alpha value is -3.42. The fourth-order valence-corrected chi connectivity index (χ4v) is 4.70. The van der Waals surface area contributed by atoms with Crippen LogP contribution in [0.2, 0.25) is 0 Å². The van der Waals surface area contributed by atoms with Crippen LogP contribution in [0.3, 0.4) is 0 Å². The van der Waals surface area contributed by atoms with Crippen LogP contribution in [0.5, 0.6) is 0 Å². The molecule has 1 saturated heterocycles. The Morgan fingerprint density at radius 1 is 1.05 bits per heavy atom. The molecule has 1 N–H and O–H groups in total. The number of ether oxygens (including phenoxy) is 1. The van der Waals surface area contributed by atoms with Crippen molar-refractivity contribution in [3.8, 4) is 0 Å². The van der Waals surface area contributed by atoms with Gasteiger partial charge in [-0.25, -0.2) is 4.79 Å². The Bertz CT molecular complexity index is 1160. The van der Waals surface area contributed by atoms with Crippen molar-refractivity contribution in [1.82, 2.24) is 14.8 Å². The molecule has 1 fully saturated rings. The number of piperidine rings is 1. The summed E-state index contributed by atoms with van der Waals surface area (Å²) in [6, 6.07) is 10.9. The predicted molar refractivity (Wildman–Crippen MR) is 148 cm³/mol. The summed E-state index contributed by atoms with van der Waals surface area (Å²) in [6.07, 6.45) is 6.22. The largest absolute Gasteiger partial charge is 0.444 e. The second kappa shape index (κ2) is 13.4. The summed E-state index contributed by atoms with van der Waals surface area (Å²) >= 11 is 0. The number of pyridine rings is 1. The van der Waals surface area contributed by atoms with Gasteiger partial charge >= 0.3 is 6.09 Å². The van der Waals surface area contributed by atoms with Crippen LogP contribution in [0.15, 0.2) is 47.4 Å². The van der Waals surface area contributed by atoms with Gasteiger partial charge in [-0.1, -0.05) is 43.2 Å². The fourth-order valence-electron chi connectivity index (χ4n) is 4.70. The molecule has 0 unspecified atom stereocenters. The van der Waals surface area contributed by atoms with Gasteiger partial charge in [-0.3, -0.25) is 14.4 Å². The molecule has 206 valence electrons. The third-order valence-electron chi connectivity index (χ3n) is 6.72. The van der Waals surface area contributed by atoms with E-state index < -0.39 is 17.1 Å². The van der Waals surface area contributed by atoms with Crippen LogP contribution < -0.4 is 10.9 Å². The third kappa shape index (κ3) is 8.57. The SMILES string of the molecule is CCNC(=O)c1cc(C(=O)CCCCC2CCN(C(=O)OC(C)(C)C)CC2)cn(Cc2ccccc2)c1=O. The second-order valence-electron chi connectivity index (χ2n) is 11.0. The Balaban J connectivity index is 1.55. The van der Waals surface area contributed by atoms with Gasteiger partial charge in [0.05, 0.1) is 6.54 Å². The molecule has 2 heterocycles. The monoisotopic (exact) mass is 523 g/mol. The summed E-state index contributed by atoms with van der Waals surface area (Å²) < 4.78 is 6.92. The number of likely N-dealkylation sites (tertiary alicyclic amines) is 1. The molecule has 1 aromatic carbocycles. The molecular formula is C30H41N3O5. The van der Waals surface area contributed by atoms with Crippen molar-refractivity contribution in [1.29, 1.82) is 0 Å². The highest BCUT2D eigenvalue weighted by Crippen LogP contribution is 2.24. The first kappa shape index (κ1) is 29.1. The van der Waals surface area contributed by atoms with Crippen molar-refractivity contribution in [2.45, 2.75) is 78.4 Å². The van der Waals surface area contributed by atoms with Gasteiger partial charge in [-0.05, 0) is 64.5 Å². The van der Waals surface area contributed by atoms with Gasteiger partial charge in [0.1, 0.15) is 11.2 Å². The number of carbonyl (C=O) groups is 3. The van der Waals surface area contributed by atoms with Crippen LogP contribution in [0, 0.1) is 5.92 Å².